The van der Waals surface area contributed by atoms with Gasteiger partial charge in [-0.25, -0.2) is 0 Å². The largest absolute Gasteiger partial charge is 0.310 e. The Kier molecular flexibility index (Phi) is 12.1. The van der Waals surface area contributed by atoms with Crippen molar-refractivity contribution in [3.8, 4) is 22.3 Å². The van der Waals surface area contributed by atoms with Crippen molar-refractivity contribution in [2.45, 2.75) is 60.8 Å². The summed E-state index contributed by atoms with van der Waals surface area (Å²) in [6.45, 7) is 17.4. The van der Waals surface area contributed by atoms with Gasteiger partial charge in [-0.1, -0.05) is 160 Å². The minimum atomic E-state index is -0.844. The van der Waals surface area contributed by atoms with Crippen molar-refractivity contribution in [3.63, 3.8) is 0 Å². The van der Waals surface area contributed by atoms with Crippen molar-refractivity contribution >= 4 is 73.9 Å². The van der Waals surface area contributed by atoms with E-state index in [1.165, 1.54) is 112 Å². The summed E-state index contributed by atoms with van der Waals surface area (Å²) in [4.78, 5) is 7.37. The minimum Gasteiger partial charge on any atom is -0.310 e. The van der Waals surface area contributed by atoms with Crippen molar-refractivity contribution in [3.05, 3.63) is 328 Å². The van der Waals surface area contributed by atoms with E-state index in [1.807, 2.05) is 0 Å². The van der Waals surface area contributed by atoms with Gasteiger partial charge in [0.25, 0.3) is 0 Å². The van der Waals surface area contributed by atoms with Crippen molar-refractivity contribution in [1.29, 1.82) is 0 Å². The molecular weight excluding hydrogens is 1030 g/mol. The van der Waals surface area contributed by atoms with Crippen LogP contribution in [0.5, 0.6) is 0 Å². The van der Waals surface area contributed by atoms with E-state index in [-0.39, 0.29) is 0 Å². The third kappa shape index (κ3) is 8.22. The lowest BCUT2D eigenvalue weighted by atomic mass is 9.70. The molecule has 1 aliphatic heterocycles. The second kappa shape index (κ2) is 19.8. The van der Waals surface area contributed by atoms with Crippen LogP contribution in [0, 0.1) is 55.4 Å². The number of benzene rings is 12. The lowest BCUT2D eigenvalue weighted by molar-refractivity contribution is 0.770. The van der Waals surface area contributed by atoms with Crippen LogP contribution in [0.1, 0.15) is 66.8 Å². The average molecular weight is 1100 g/mol. The van der Waals surface area contributed by atoms with Gasteiger partial charge >= 0.3 is 0 Å². The Balaban J connectivity index is 1.08. The Morgan fingerprint density at radius 2 is 0.459 bits per heavy atom. The molecule has 85 heavy (non-hydrogen) atoms. The molecular formula is C81H67N4+. The van der Waals surface area contributed by atoms with E-state index in [0.717, 1.165) is 51.2 Å². The van der Waals surface area contributed by atoms with Crippen LogP contribution in [0.2, 0.25) is 0 Å². The van der Waals surface area contributed by atoms with E-state index in [2.05, 4.69) is 331 Å². The summed E-state index contributed by atoms with van der Waals surface area (Å²) in [6.07, 6.45) is 0. The molecule has 4 heteroatoms. The molecule has 1 spiro atoms. The SMILES string of the molecule is Cc1ccc(N(c2ccc(C)cc2)c2ccc3c(c2)C2(c4cc(N(c5ccc(C)cc5)c5ccc(C)cc5)ccc4-3)c3cc(N(c4ccc(C)cc4)c4ccc(C)cc4)ccc3-c3ccc4c(c32)[N+]4(c2ccc(C)cc2)c2ccc(C)cc2)cc1. The fourth-order valence-corrected chi connectivity index (χ4v) is 13.9. The molecule has 0 amide bonds. The summed E-state index contributed by atoms with van der Waals surface area (Å²) >= 11 is 0. The first-order valence-corrected chi connectivity index (χ1v) is 29.9. The second-order valence-corrected chi connectivity index (χ2v) is 24.2. The molecule has 3 aliphatic rings. The van der Waals surface area contributed by atoms with Crippen LogP contribution in [0.3, 0.4) is 0 Å². The Hall–Kier alpha value is -10.0. The van der Waals surface area contributed by atoms with Crippen LogP contribution in [0.15, 0.2) is 261 Å². The third-order valence-corrected chi connectivity index (χ3v) is 18.4. The lowest BCUT2D eigenvalue weighted by Crippen LogP contribution is -2.28. The number of rotatable bonds is 11. The molecule has 2 aliphatic carbocycles. The van der Waals surface area contributed by atoms with E-state index in [0.29, 0.717) is 4.48 Å². The summed E-state index contributed by atoms with van der Waals surface area (Å²) in [6, 6.07) is 99.7. The van der Waals surface area contributed by atoms with E-state index in [1.54, 1.807) is 0 Å². The van der Waals surface area contributed by atoms with Crippen molar-refractivity contribution in [2.75, 3.05) is 14.7 Å². The normalized spacial score (nSPS) is 13.4. The number of aryl methyl sites for hydroxylation is 8. The summed E-state index contributed by atoms with van der Waals surface area (Å²) in [5, 5.41) is 0. The average Bonchev–Trinajstić information content (AvgIpc) is 1.47. The standard InChI is InChI=1S/C81H67N4/c1-52-9-25-60(26-10-52)82(61-27-11-53(2)12-28-61)66-37-44-71-72-45-38-67(83(62-29-13-54(3)14-30-62)63-31-15-55(4)16-32-63)50-76(72)81(75(71)49-66)77-51-68(84(64-33-17-56(5)18-34-64)65-35-19-57(6)20-36-65)39-46-73(77)74-47-48-78-80(79(74)81)85(78,69-40-21-58(7)22-41-69)70-42-23-59(8)24-43-70/h9-51H,1-8H3/q+1. The topological polar surface area (TPSA) is 9.72 Å². The van der Waals surface area contributed by atoms with Gasteiger partial charge in [0.1, 0.15) is 11.4 Å². The zero-order valence-electron chi connectivity index (χ0n) is 49.6. The molecule has 4 nitrogen and oxygen atoms in total. The first-order chi connectivity index (χ1) is 41.4. The zero-order chi connectivity index (χ0) is 57.9. The third-order valence-electron chi connectivity index (χ3n) is 18.4. The van der Waals surface area contributed by atoms with Gasteiger partial charge in [0, 0.05) is 87.1 Å². The van der Waals surface area contributed by atoms with Crippen molar-refractivity contribution in [2.24, 2.45) is 0 Å². The quantitative estimate of drug-likeness (QED) is 0.0944. The molecule has 0 saturated heterocycles. The molecule has 0 atom stereocenters. The van der Waals surface area contributed by atoms with Crippen LogP contribution in [0.25, 0.3) is 22.3 Å². The Morgan fingerprint density at radius 3 is 0.729 bits per heavy atom. The molecule has 12 aromatic carbocycles. The number of nitrogens with zero attached hydrogens (tertiary/aromatic N) is 4. The van der Waals surface area contributed by atoms with E-state index >= 15 is 0 Å². The molecule has 15 rings (SSSR count). The van der Waals surface area contributed by atoms with Gasteiger partial charge in [0.2, 0.25) is 11.4 Å². The van der Waals surface area contributed by atoms with Gasteiger partial charge in [-0.3, -0.25) is 0 Å². The molecule has 0 fully saturated rings. The van der Waals surface area contributed by atoms with Crippen LogP contribution in [0.4, 0.5) is 73.9 Å². The van der Waals surface area contributed by atoms with Crippen LogP contribution < -0.4 is 19.2 Å². The summed E-state index contributed by atoms with van der Waals surface area (Å²) in [5.41, 5.74) is 34.1. The fraction of sp³-hybridized carbons (Fsp3) is 0.111. The number of hydrogen-bond acceptors (Lipinski definition) is 3. The van der Waals surface area contributed by atoms with Gasteiger partial charge < -0.3 is 14.7 Å². The molecule has 0 radical (unpaired) electrons. The molecule has 1 heterocycles. The highest BCUT2D eigenvalue weighted by Crippen LogP contribution is 2.77. The minimum absolute atomic E-state index is 0.527. The molecule has 0 bridgehead atoms. The van der Waals surface area contributed by atoms with Gasteiger partial charge in [-0.05, 0) is 210 Å². The molecule has 0 unspecified atom stereocenters. The van der Waals surface area contributed by atoms with Gasteiger partial charge in [0.05, 0.1) is 5.41 Å². The van der Waals surface area contributed by atoms with E-state index < -0.39 is 5.41 Å². The van der Waals surface area contributed by atoms with Crippen molar-refractivity contribution in [1.82, 2.24) is 4.48 Å². The Morgan fingerprint density at radius 1 is 0.235 bits per heavy atom. The highest BCUT2D eigenvalue weighted by atomic mass is 15.5. The zero-order valence-corrected chi connectivity index (χ0v) is 49.6. The number of fused-ring (bicyclic) bond motifs is 12. The summed E-state index contributed by atoms with van der Waals surface area (Å²) in [7, 11) is 0. The lowest BCUT2D eigenvalue weighted by Gasteiger charge is -2.34. The first-order valence-electron chi connectivity index (χ1n) is 29.9. The summed E-state index contributed by atoms with van der Waals surface area (Å²) < 4.78 is 0.527. The smallest absolute Gasteiger partial charge is 0.216 e. The van der Waals surface area contributed by atoms with Gasteiger partial charge in [0.15, 0.2) is 0 Å². The number of anilines is 9. The first kappa shape index (κ1) is 51.8. The molecule has 0 N–H and O–H groups in total. The molecule has 12 aromatic rings. The van der Waals surface area contributed by atoms with Crippen molar-refractivity contribution < 1.29 is 0 Å². The van der Waals surface area contributed by atoms with E-state index in [9.17, 15) is 0 Å². The number of hydrogen-bond donors (Lipinski definition) is 0. The number of quaternary nitrogens is 1. The maximum absolute atomic E-state index is 2.56. The fourth-order valence-electron chi connectivity index (χ4n) is 13.9. The van der Waals surface area contributed by atoms with Crippen LogP contribution >= 0.6 is 0 Å². The van der Waals surface area contributed by atoms with Gasteiger partial charge in [-0.2, -0.15) is 4.48 Å². The molecule has 410 valence electrons. The highest BCUT2D eigenvalue weighted by molar-refractivity contribution is 6.12. The van der Waals surface area contributed by atoms with Crippen LogP contribution in [-0.2, 0) is 5.41 Å². The maximum atomic E-state index is 2.56. The predicted octanol–water partition coefficient (Wildman–Crippen LogP) is 22.5. The highest BCUT2D eigenvalue weighted by Gasteiger charge is 2.66. The predicted molar refractivity (Wildman–Crippen MR) is 358 cm³/mol. The molecule has 0 aromatic heterocycles. The Labute approximate surface area is 501 Å². The van der Waals surface area contributed by atoms with Gasteiger partial charge in [-0.15, -0.1) is 0 Å². The maximum Gasteiger partial charge on any atom is 0.216 e. The van der Waals surface area contributed by atoms with Crippen LogP contribution in [-0.4, -0.2) is 0 Å². The Bertz CT molecular complexity index is 4080. The summed E-state index contributed by atoms with van der Waals surface area (Å²) in [5.74, 6) is 0. The second-order valence-electron chi connectivity index (χ2n) is 24.2. The monoisotopic (exact) mass is 1100 g/mol. The van der Waals surface area contributed by atoms with E-state index in [4.69, 9.17) is 0 Å². The molecule has 0 saturated carbocycles.